The second-order valence-electron chi connectivity index (χ2n) is 5.17. The lowest BCUT2D eigenvalue weighted by Gasteiger charge is -2.24. The minimum absolute atomic E-state index is 0.562. The van der Waals surface area contributed by atoms with Gasteiger partial charge in [-0.25, -0.2) is 0 Å². The molecule has 0 aliphatic carbocycles. The van der Waals surface area contributed by atoms with Gasteiger partial charge in [0.2, 0.25) is 0 Å². The van der Waals surface area contributed by atoms with E-state index >= 15 is 0 Å². The molecule has 0 radical (unpaired) electrons. The molecule has 0 bridgehead atoms. The maximum atomic E-state index is 5.59. The number of rotatable bonds is 7. The SMILES string of the molecule is Cc1ccc(CN(C)C(C)CCNC(C)C)o1. The number of furan rings is 1. The number of aryl methyl sites for hydroxylation is 1. The van der Waals surface area contributed by atoms with Crippen molar-refractivity contribution in [2.75, 3.05) is 13.6 Å². The first-order valence-corrected chi connectivity index (χ1v) is 6.48. The lowest BCUT2D eigenvalue weighted by atomic mass is 10.2. The second-order valence-corrected chi connectivity index (χ2v) is 5.17. The topological polar surface area (TPSA) is 28.4 Å². The van der Waals surface area contributed by atoms with Gasteiger partial charge >= 0.3 is 0 Å². The Morgan fingerprint density at radius 1 is 1.29 bits per heavy atom. The number of hydrogen-bond donors (Lipinski definition) is 1. The van der Waals surface area contributed by atoms with E-state index in [-0.39, 0.29) is 0 Å². The molecule has 0 aliphatic heterocycles. The fraction of sp³-hybridized carbons (Fsp3) is 0.714. The van der Waals surface area contributed by atoms with Gasteiger partial charge in [0.15, 0.2) is 0 Å². The highest BCUT2D eigenvalue weighted by Crippen LogP contribution is 2.11. The fourth-order valence-corrected chi connectivity index (χ4v) is 1.77. The Balaban J connectivity index is 2.29. The maximum absolute atomic E-state index is 5.59. The highest BCUT2D eigenvalue weighted by molar-refractivity contribution is 5.05. The molecule has 0 aromatic carbocycles. The van der Waals surface area contributed by atoms with Crippen molar-refractivity contribution in [3.8, 4) is 0 Å². The molecular formula is C14H26N2O. The molecule has 1 rings (SSSR count). The summed E-state index contributed by atoms with van der Waals surface area (Å²) in [4.78, 5) is 2.33. The van der Waals surface area contributed by atoms with Gasteiger partial charge in [0.25, 0.3) is 0 Å². The van der Waals surface area contributed by atoms with E-state index in [1.807, 2.05) is 13.0 Å². The van der Waals surface area contributed by atoms with E-state index in [1.165, 1.54) is 0 Å². The normalized spacial score (nSPS) is 13.6. The minimum atomic E-state index is 0.562. The van der Waals surface area contributed by atoms with E-state index in [0.717, 1.165) is 31.0 Å². The average Bonchev–Trinajstić information content (AvgIpc) is 2.63. The molecule has 0 saturated carbocycles. The summed E-state index contributed by atoms with van der Waals surface area (Å²) in [5.41, 5.74) is 0. The third kappa shape index (κ3) is 5.37. The van der Waals surface area contributed by atoms with Crippen LogP contribution < -0.4 is 5.32 Å². The molecule has 0 spiro atoms. The van der Waals surface area contributed by atoms with Crippen LogP contribution in [0.1, 0.15) is 38.7 Å². The molecule has 1 atom stereocenters. The summed E-state index contributed by atoms with van der Waals surface area (Å²) in [7, 11) is 2.15. The molecule has 1 N–H and O–H groups in total. The summed E-state index contributed by atoms with van der Waals surface area (Å²) < 4.78 is 5.59. The first kappa shape index (κ1) is 14.3. The molecule has 3 nitrogen and oxygen atoms in total. The van der Waals surface area contributed by atoms with Crippen molar-refractivity contribution in [1.82, 2.24) is 10.2 Å². The monoisotopic (exact) mass is 238 g/mol. The molecule has 1 heterocycles. The van der Waals surface area contributed by atoms with E-state index in [1.54, 1.807) is 0 Å². The van der Waals surface area contributed by atoms with Gasteiger partial charge in [0.05, 0.1) is 6.54 Å². The van der Waals surface area contributed by atoms with Gasteiger partial charge in [-0.3, -0.25) is 4.90 Å². The van der Waals surface area contributed by atoms with E-state index in [2.05, 4.69) is 44.1 Å². The first-order chi connectivity index (χ1) is 7.99. The highest BCUT2D eigenvalue weighted by atomic mass is 16.3. The highest BCUT2D eigenvalue weighted by Gasteiger charge is 2.11. The Kier molecular flexibility index (Phi) is 5.72. The van der Waals surface area contributed by atoms with Crippen molar-refractivity contribution in [2.45, 2.75) is 52.7 Å². The van der Waals surface area contributed by atoms with Crippen LogP contribution in [0.15, 0.2) is 16.5 Å². The van der Waals surface area contributed by atoms with Crippen LogP contribution in [-0.4, -0.2) is 30.6 Å². The standard InChI is InChI=1S/C14H26N2O/c1-11(2)15-9-8-12(3)16(5)10-14-7-6-13(4)17-14/h6-7,11-12,15H,8-10H2,1-5H3. The van der Waals surface area contributed by atoms with Crippen LogP contribution >= 0.6 is 0 Å². The van der Waals surface area contributed by atoms with Crippen LogP contribution in [0.25, 0.3) is 0 Å². The van der Waals surface area contributed by atoms with Crippen LogP contribution in [-0.2, 0) is 6.54 Å². The van der Waals surface area contributed by atoms with Gasteiger partial charge < -0.3 is 9.73 Å². The van der Waals surface area contributed by atoms with Crippen molar-refractivity contribution >= 4 is 0 Å². The van der Waals surface area contributed by atoms with Crippen molar-refractivity contribution in [1.29, 1.82) is 0 Å². The van der Waals surface area contributed by atoms with Crippen LogP contribution in [0.2, 0.25) is 0 Å². The lowest BCUT2D eigenvalue weighted by Crippen LogP contribution is -2.33. The maximum Gasteiger partial charge on any atom is 0.118 e. The molecule has 0 aliphatic rings. The van der Waals surface area contributed by atoms with Gasteiger partial charge in [-0.1, -0.05) is 13.8 Å². The quantitative estimate of drug-likeness (QED) is 0.792. The lowest BCUT2D eigenvalue weighted by molar-refractivity contribution is 0.217. The summed E-state index contributed by atoms with van der Waals surface area (Å²) in [5.74, 6) is 2.04. The third-order valence-corrected chi connectivity index (χ3v) is 3.07. The van der Waals surface area contributed by atoms with Gasteiger partial charge in [-0.2, -0.15) is 0 Å². The summed E-state index contributed by atoms with van der Waals surface area (Å²) in [6.07, 6.45) is 1.16. The van der Waals surface area contributed by atoms with Gasteiger partial charge in [-0.15, -0.1) is 0 Å². The summed E-state index contributed by atoms with van der Waals surface area (Å²) >= 11 is 0. The zero-order valence-corrected chi connectivity index (χ0v) is 11.8. The zero-order valence-electron chi connectivity index (χ0n) is 11.8. The molecule has 0 amide bonds. The molecule has 1 unspecified atom stereocenters. The molecular weight excluding hydrogens is 212 g/mol. The van der Waals surface area contributed by atoms with Crippen LogP contribution in [0.3, 0.4) is 0 Å². The predicted octanol–water partition coefficient (Wildman–Crippen LogP) is 2.80. The molecule has 3 heteroatoms. The molecule has 1 aromatic heterocycles. The average molecular weight is 238 g/mol. The van der Waals surface area contributed by atoms with Crippen LogP contribution in [0.4, 0.5) is 0 Å². The molecule has 0 fully saturated rings. The van der Waals surface area contributed by atoms with Gasteiger partial charge in [-0.05, 0) is 46.0 Å². The molecule has 1 aromatic rings. The Labute approximate surface area is 105 Å². The summed E-state index contributed by atoms with van der Waals surface area (Å²) in [6, 6.07) is 5.21. The minimum Gasteiger partial charge on any atom is -0.465 e. The Hall–Kier alpha value is -0.800. The van der Waals surface area contributed by atoms with Crippen LogP contribution in [0, 0.1) is 6.92 Å². The molecule has 0 saturated heterocycles. The second kappa shape index (κ2) is 6.82. The molecule has 17 heavy (non-hydrogen) atoms. The predicted molar refractivity (Wildman–Crippen MR) is 72.1 cm³/mol. The number of nitrogens with zero attached hydrogens (tertiary/aromatic N) is 1. The third-order valence-electron chi connectivity index (χ3n) is 3.07. The Bertz CT molecular complexity index is 320. The van der Waals surface area contributed by atoms with Crippen molar-refractivity contribution in [2.24, 2.45) is 0 Å². The number of nitrogens with one attached hydrogen (secondary N) is 1. The van der Waals surface area contributed by atoms with E-state index < -0.39 is 0 Å². The first-order valence-electron chi connectivity index (χ1n) is 6.48. The smallest absolute Gasteiger partial charge is 0.118 e. The van der Waals surface area contributed by atoms with Crippen molar-refractivity contribution in [3.63, 3.8) is 0 Å². The van der Waals surface area contributed by atoms with Crippen LogP contribution in [0.5, 0.6) is 0 Å². The molecule has 98 valence electrons. The number of hydrogen-bond acceptors (Lipinski definition) is 3. The van der Waals surface area contributed by atoms with Gasteiger partial charge in [0.1, 0.15) is 11.5 Å². The summed E-state index contributed by atoms with van der Waals surface area (Å²) in [6.45, 7) is 10.6. The van der Waals surface area contributed by atoms with Crippen molar-refractivity contribution < 1.29 is 4.42 Å². The Morgan fingerprint density at radius 2 is 2.00 bits per heavy atom. The van der Waals surface area contributed by atoms with E-state index in [4.69, 9.17) is 4.42 Å². The van der Waals surface area contributed by atoms with E-state index in [9.17, 15) is 0 Å². The van der Waals surface area contributed by atoms with Crippen molar-refractivity contribution in [3.05, 3.63) is 23.7 Å². The largest absolute Gasteiger partial charge is 0.465 e. The zero-order chi connectivity index (χ0) is 12.8. The Morgan fingerprint density at radius 3 is 2.53 bits per heavy atom. The van der Waals surface area contributed by atoms with Gasteiger partial charge in [0, 0.05) is 12.1 Å². The van der Waals surface area contributed by atoms with E-state index in [0.29, 0.717) is 12.1 Å². The fourth-order valence-electron chi connectivity index (χ4n) is 1.77. The summed E-state index contributed by atoms with van der Waals surface area (Å²) in [5, 5.41) is 3.45.